The van der Waals surface area contributed by atoms with Crippen molar-refractivity contribution in [3.05, 3.63) is 53.6 Å². The van der Waals surface area contributed by atoms with Crippen molar-refractivity contribution < 1.29 is 27.8 Å². The fourth-order valence-corrected chi connectivity index (χ4v) is 4.47. The Morgan fingerprint density at radius 2 is 2.00 bits per heavy atom. The lowest BCUT2D eigenvalue weighted by Gasteiger charge is -2.43. The number of hydrogen-bond acceptors (Lipinski definition) is 9. The summed E-state index contributed by atoms with van der Waals surface area (Å²) in [5.74, 6) is 1.16. The maximum atomic E-state index is 12.9. The van der Waals surface area contributed by atoms with E-state index < -0.39 is 24.0 Å². The fourth-order valence-electron chi connectivity index (χ4n) is 4.47. The number of aliphatic hydroxyl groups is 1. The second kappa shape index (κ2) is 9.47. The third kappa shape index (κ3) is 4.86. The molecule has 0 bridgehead atoms. The first-order valence-electron chi connectivity index (χ1n) is 11.6. The van der Waals surface area contributed by atoms with Crippen molar-refractivity contribution in [3.8, 4) is 11.6 Å². The number of ether oxygens (including phenoxy) is 1. The zero-order valence-electron chi connectivity index (χ0n) is 20.0. The second-order valence-corrected chi connectivity index (χ2v) is 8.89. The Kier molecular flexibility index (Phi) is 6.31. The quantitative estimate of drug-likeness (QED) is 0.511. The summed E-state index contributed by atoms with van der Waals surface area (Å²) in [6, 6.07) is 4.65. The Labute approximate surface area is 210 Å². The van der Waals surface area contributed by atoms with Crippen molar-refractivity contribution in [2.75, 3.05) is 28.7 Å². The molecule has 1 amide bonds. The van der Waals surface area contributed by atoms with Gasteiger partial charge in [0.15, 0.2) is 5.82 Å². The number of likely N-dealkylation sites (N-methyl/N-ethyl adjacent to an activating group) is 1. The molecule has 2 aliphatic heterocycles. The van der Waals surface area contributed by atoms with Gasteiger partial charge in [0.2, 0.25) is 11.8 Å². The maximum absolute atomic E-state index is 12.9. The van der Waals surface area contributed by atoms with Crippen molar-refractivity contribution in [2.45, 2.75) is 44.6 Å². The number of pyridine rings is 2. The van der Waals surface area contributed by atoms with E-state index in [1.54, 1.807) is 42.1 Å². The summed E-state index contributed by atoms with van der Waals surface area (Å²) in [5, 5.41) is 13.4. The molecule has 5 rings (SSSR count). The van der Waals surface area contributed by atoms with E-state index in [2.05, 4.69) is 25.3 Å². The van der Waals surface area contributed by atoms with E-state index in [9.17, 15) is 23.1 Å². The van der Waals surface area contributed by atoms with E-state index in [1.807, 2.05) is 0 Å². The molecule has 37 heavy (non-hydrogen) atoms. The average molecular weight is 515 g/mol. The smallest absolute Gasteiger partial charge is 0.433 e. The van der Waals surface area contributed by atoms with Crippen molar-refractivity contribution in [3.63, 3.8) is 0 Å². The lowest BCUT2D eigenvalue weighted by Crippen LogP contribution is -2.58. The van der Waals surface area contributed by atoms with E-state index in [-0.39, 0.29) is 17.5 Å². The first kappa shape index (κ1) is 24.7. The fraction of sp³-hybridized carbons (Fsp3) is 0.375. The summed E-state index contributed by atoms with van der Waals surface area (Å²) in [6.45, 7) is 2.50. The van der Waals surface area contributed by atoms with Gasteiger partial charge in [-0.15, -0.1) is 0 Å². The van der Waals surface area contributed by atoms with E-state index in [4.69, 9.17) is 4.74 Å². The van der Waals surface area contributed by atoms with Crippen LogP contribution in [0, 0.1) is 0 Å². The summed E-state index contributed by atoms with van der Waals surface area (Å²) in [4.78, 5) is 33.1. The summed E-state index contributed by atoms with van der Waals surface area (Å²) < 4.78 is 43.4. The normalized spacial score (nSPS) is 17.9. The minimum absolute atomic E-state index is 0.134. The molecule has 3 aromatic rings. The Balaban J connectivity index is 1.28. The summed E-state index contributed by atoms with van der Waals surface area (Å²) >= 11 is 0. The standard InChI is InChI=1S/C24H24F3N7O3/c1-13(35)19-22(36)34-9-3-4-16-20(34)21(33(19)2)32-23(31-16)30-11-14-5-8-18(29-10-14)37-15-6-7-17(28-12-15)24(25,26)27/h5-8,10,12-13,19,35H,3-4,9,11H2,1-2H3,(H,30,31,32). The number of aryl methyl sites for hydroxylation is 1. The molecule has 0 aliphatic carbocycles. The Morgan fingerprint density at radius 3 is 2.65 bits per heavy atom. The first-order chi connectivity index (χ1) is 17.6. The van der Waals surface area contributed by atoms with Gasteiger partial charge in [-0.25, -0.2) is 15.0 Å². The predicted octanol–water partition coefficient (Wildman–Crippen LogP) is 3.17. The molecule has 0 saturated heterocycles. The van der Waals surface area contributed by atoms with Gasteiger partial charge in [0.25, 0.3) is 5.91 Å². The molecule has 0 radical (unpaired) electrons. The number of nitrogens with zero attached hydrogens (tertiary/aromatic N) is 6. The monoisotopic (exact) mass is 515 g/mol. The number of halogens is 3. The van der Waals surface area contributed by atoms with Crippen LogP contribution in [-0.4, -0.2) is 56.7 Å². The summed E-state index contributed by atoms with van der Waals surface area (Å²) in [6.07, 6.45) is -1.34. The second-order valence-electron chi connectivity index (χ2n) is 8.89. The van der Waals surface area contributed by atoms with Gasteiger partial charge in [-0.3, -0.25) is 4.79 Å². The number of amides is 1. The van der Waals surface area contributed by atoms with E-state index >= 15 is 0 Å². The zero-order valence-corrected chi connectivity index (χ0v) is 20.0. The van der Waals surface area contributed by atoms with Gasteiger partial charge < -0.3 is 25.0 Å². The molecule has 0 spiro atoms. The topological polar surface area (TPSA) is 117 Å². The average Bonchev–Trinajstić information content (AvgIpc) is 2.86. The molecule has 3 aromatic heterocycles. The molecule has 2 N–H and O–H groups in total. The Bertz CT molecular complexity index is 1300. The highest BCUT2D eigenvalue weighted by Crippen LogP contribution is 2.40. The van der Waals surface area contributed by atoms with Gasteiger partial charge >= 0.3 is 6.18 Å². The van der Waals surface area contributed by atoms with E-state index in [0.29, 0.717) is 37.0 Å². The molecule has 2 atom stereocenters. The van der Waals surface area contributed by atoms with Crippen LogP contribution in [0.2, 0.25) is 0 Å². The van der Waals surface area contributed by atoms with Gasteiger partial charge in [-0.2, -0.15) is 18.2 Å². The molecule has 2 unspecified atom stereocenters. The van der Waals surface area contributed by atoms with Crippen LogP contribution >= 0.6 is 0 Å². The molecule has 10 nitrogen and oxygen atoms in total. The SMILES string of the molecule is CC(O)C1C(=O)N2CCCc3nc(NCc4ccc(Oc5ccc(C(F)(F)F)nc5)nc4)nc(c32)N1C. The van der Waals surface area contributed by atoms with Crippen molar-refractivity contribution in [1.29, 1.82) is 0 Å². The van der Waals surface area contributed by atoms with Crippen molar-refractivity contribution in [1.82, 2.24) is 19.9 Å². The molecule has 194 valence electrons. The lowest BCUT2D eigenvalue weighted by molar-refractivity contribution is -0.141. The maximum Gasteiger partial charge on any atom is 0.433 e. The number of aliphatic hydroxyl groups excluding tert-OH is 1. The third-order valence-corrected chi connectivity index (χ3v) is 6.23. The van der Waals surface area contributed by atoms with Crippen LogP contribution in [0.3, 0.4) is 0 Å². The number of hydrogen-bond donors (Lipinski definition) is 2. The van der Waals surface area contributed by atoms with Gasteiger partial charge in [-0.05, 0) is 37.5 Å². The van der Waals surface area contributed by atoms with Gasteiger partial charge in [0.05, 0.1) is 18.0 Å². The first-order valence-corrected chi connectivity index (χ1v) is 11.6. The number of nitrogens with one attached hydrogen (secondary N) is 1. The molecule has 13 heteroatoms. The highest BCUT2D eigenvalue weighted by molar-refractivity contribution is 6.06. The number of alkyl halides is 3. The van der Waals surface area contributed by atoms with Crippen molar-refractivity contribution in [2.24, 2.45) is 0 Å². The van der Waals surface area contributed by atoms with Crippen LogP contribution in [-0.2, 0) is 23.9 Å². The molecule has 5 heterocycles. The van der Waals surface area contributed by atoms with Crippen LogP contribution in [0.4, 0.5) is 30.6 Å². The number of rotatable bonds is 6. The van der Waals surface area contributed by atoms with Crippen LogP contribution in [0.15, 0.2) is 36.7 Å². The number of carbonyl (C=O) groups excluding carboxylic acids is 1. The Hall–Kier alpha value is -4.00. The third-order valence-electron chi connectivity index (χ3n) is 6.23. The van der Waals surface area contributed by atoms with Crippen molar-refractivity contribution >= 4 is 23.4 Å². The zero-order chi connectivity index (χ0) is 26.3. The van der Waals surface area contributed by atoms with Gasteiger partial charge in [-0.1, -0.05) is 6.07 Å². The number of carbonyl (C=O) groups is 1. The summed E-state index contributed by atoms with van der Waals surface area (Å²) in [7, 11) is 1.74. The predicted molar refractivity (Wildman–Crippen MR) is 127 cm³/mol. The van der Waals surface area contributed by atoms with Crippen LogP contribution in [0.1, 0.15) is 30.3 Å². The minimum Gasteiger partial charge on any atom is -0.437 e. The highest BCUT2D eigenvalue weighted by atomic mass is 19.4. The van der Waals surface area contributed by atoms with Crippen LogP contribution in [0.5, 0.6) is 11.6 Å². The molecular weight excluding hydrogens is 491 g/mol. The molecule has 0 saturated carbocycles. The molecule has 0 aromatic carbocycles. The molecule has 2 aliphatic rings. The highest BCUT2D eigenvalue weighted by Gasteiger charge is 2.43. The van der Waals surface area contributed by atoms with Crippen LogP contribution < -0.4 is 19.9 Å². The van der Waals surface area contributed by atoms with E-state index in [0.717, 1.165) is 29.9 Å². The van der Waals surface area contributed by atoms with Gasteiger partial charge in [0.1, 0.15) is 23.2 Å². The van der Waals surface area contributed by atoms with E-state index in [1.165, 1.54) is 6.07 Å². The number of anilines is 3. The van der Waals surface area contributed by atoms with Gasteiger partial charge in [0, 0.05) is 32.4 Å². The lowest BCUT2D eigenvalue weighted by atomic mass is 10.00. The molecule has 0 fully saturated rings. The minimum atomic E-state index is -4.52. The molecular formula is C24H24F3N7O3. The van der Waals surface area contributed by atoms with Crippen LogP contribution in [0.25, 0.3) is 0 Å². The summed E-state index contributed by atoms with van der Waals surface area (Å²) in [5.41, 5.74) is 1.26. The Morgan fingerprint density at radius 1 is 1.19 bits per heavy atom. The number of aromatic nitrogens is 4. The largest absolute Gasteiger partial charge is 0.437 e.